The highest BCUT2D eigenvalue weighted by molar-refractivity contribution is 7.92. The normalized spacial score (nSPS) is 11.1. The minimum atomic E-state index is -3.54. The summed E-state index contributed by atoms with van der Waals surface area (Å²) in [6.45, 7) is -0.126. The fraction of sp³-hybridized carbons (Fsp3) is 0.136. The second kappa shape index (κ2) is 10.4. The fourth-order valence-electron chi connectivity index (χ4n) is 2.81. The molecule has 3 aromatic rings. The summed E-state index contributed by atoms with van der Waals surface area (Å²) in [5.74, 6) is -0.0429. The molecular formula is C22H19Cl3N2O4S. The van der Waals surface area contributed by atoms with Gasteiger partial charge in [-0.15, -0.1) is 0 Å². The number of rotatable bonds is 8. The van der Waals surface area contributed by atoms with Crippen molar-refractivity contribution < 1.29 is 17.9 Å². The molecule has 0 spiro atoms. The maximum atomic E-state index is 12.3. The molecule has 10 heteroatoms. The zero-order valence-electron chi connectivity index (χ0n) is 16.9. The summed E-state index contributed by atoms with van der Waals surface area (Å²) in [4.78, 5) is 12.2. The third kappa shape index (κ3) is 6.53. The number of halogens is 3. The molecule has 0 atom stereocenters. The van der Waals surface area contributed by atoms with Gasteiger partial charge in [0.25, 0.3) is 5.91 Å². The Morgan fingerprint density at radius 1 is 0.938 bits per heavy atom. The zero-order valence-corrected chi connectivity index (χ0v) is 20.0. The summed E-state index contributed by atoms with van der Waals surface area (Å²) in [6, 6.07) is 18.2. The number of ether oxygens (including phenoxy) is 1. The van der Waals surface area contributed by atoms with Crippen molar-refractivity contribution in [1.82, 2.24) is 0 Å². The molecule has 0 saturated carbocycles. The van der Waals surface area contributed by atoms with Gasteiger partial charge in [-0.25, -0.2) is 8.42 Å². The zero-order chi connectivity index (χ0) is 23.3. The Labute approximate surface area is 201 Å². The summed E-state index contributed by atoms with van der Waals surface area (Å²) in [5.41, 5.74) is 1.56. The van der Waals surface area contributed by atoms with Crippen LogP contribution in [-0.2, 0) is 21.4 Å². The first-order chi connectivity index (χ1) is 15.1. The highest BCUT2D eigenvalue weighted by atomic mass is 35.5. The number of nitrogens with one attached hydrogen (secondary N) is 1. The van der Waals surface area contributed by atoms with Gasteiger partial charge >= 0.3 is 0 Å². The lowest BCUT2D eigenvalue weighted by Gasteiger charge is -2.23. The Hall–Kier alpha value is -2.45. The van der Waals surface area contributed by atoms with Gasteiger partial charge in [-0.1, -0.05) is 53.0 Å². The van der Waals surface area contributed by atoms with Crippen LogP contribution in [0, 0.1) is 0 Å². The number of benzene rings is 3. The number of nitrogens with zero attached hydrogens (tertiary/aromatic N) is 1. The van der Waals surface area contributed by atoms with Crippen LogP contribution in [0.2, 0.25) is 15.1 Å². The van der Waals surface area contributed by atoms with E-state index in [4.69, 9.17) is 39.5 Å². The van der Waals surface area contributed by atoms with Crippen molar-refractivity contribution in [2.24, 2.45) is 0 Å². The van der Waals surface area contributed by atoms with Gasteiger partial charge < -0.3 is 10.1 Å². The highest BCUT2D eigenvalue weighted by Gasteiger charge is 2.18. The molecule has 1 amide bonds. The Balaban J connectivity index is 1.66. The molecule has 0 fully saturated rings. The van der Waals surface area contributed by atoms with Crippen LogP contribution >= 0.6 is 34.8 Å². The number of amides is 1. The van der Waals surface area contributed by atoms with Gasteiger partial charge in [-0.3, -0.25) is 9.10 Å². The highest BCUT2D eigenvalue weighted by Crippen LogP contribution is 2.30. The van der Waals surface area contributed by atoms with Crippen LogP contribution in [-0.4, -0.2) is 27.2 Å². The van der Waals surface area contributed by atoms with Crippen molar-refractivity contribution in [1.29, 1.82) is 0 Å². The predicted octanol–water partition coefficient (Wildman–Crippen LogP) is 5.63. The lowest BCUT2D eigenvalue weighted by Crippen LogP contribution is -2.29. The van der Waals surface area contributed by atoms with Crippen LogP contribution in [0.3, 0.4) is 0 Å². The van der Waals surface area contributed by atoms with E-state index in [9.17, 15) is 13.2 Å². The van der Waals surface area contributed by atoms with Crippen molar-refractivity contribution in [2.45, 2.75) is 6.54 Å². The van der Waals surface area contributed by atoms with Gasteiger partial charge in [0, 0.05) is 5.02 Å². The van der Waals surface area contributed by atoms with Crippen LogP contribution in [0.1, 0.15) is 5.56 Å². The molecule has 0 radical (unpaired) electrons. The first-order valence-electron chi connectivity index (χ1n) is 9.32. The number of carbonyl (C=O) groups is 1. The molecule has 0 aromatic heterocycles. The number of anilines is 2. The van der Waals surface area contributed by atoms with Crippen LogP contribution in [0.25, 0.3) is 0 Å². The van der Waals surface area contributed by atoms with E-state index in [0.29, 0.717) is 32.2 Å². The minimum absolute atomic E-state index is 0.150. The van der Waals surface area contributed by atoms with E-state index in [1.165, 1.54) is 4.31 Å². The Morgan fingerprint density at radius 3 is 2.09 bits per heavy atom. The molecule has 0 aliphatic heterocycles. The summed E-state index contributed by atoms with van der Waals surface area (Å²) in [5, 5.41) is 3.81. The Kier molecular flexibility index (Phi) is 7.90. The summed E-state index contributed by atoms with van der Waals surface area (Å²) in [7, 11) is -3.54. The summed E-state index contributed by atoms with van der Waals surface area (Å²) >= 11 is 18.0. The molecule has 168 valence electrons. The number of carbonyl (C=O) groups excluding carboxylic acids is 1. The first kappa shape index (κ1) is 24.2. The summed E-state index contributed by atoms with van der Waals surface area (Å²) in [6.07, 6.45) is 1.14. The molecule has 0 aliphatic rings. The molecule has 0 aliphatic carbocycles. The van der Waals surface area contributed by atoms with Crippen LogP contribution < -0.4 is 14.4 Å². The molecule has 3 aromatic carbocycles. The third-order valence-electron chi connectivity index (χ3n) is 4.36. The number of sulfonamides is 1. The van der Waals surface area contributed by atoms with Crippen LogP contribution in [0.4, 0.5) is 11.4 Å². The van der Waals surface area contributed by atoms with Crippen LogP contribution in [0.15, 0.2) is 66.7 Å². The second-order valence-electron chi connectivity index (χ2n) is 6.82. The average molecular weight is 514 g/mol. The molecule has 3 rings (SSSR count). The van der Waals surface area contributed by atoms with Crippen molar-refractivity contribution in [2.75, 3.05) is 22.5 Å². The number of hydrogen-bond acceptors (Lipinski definition) is 4. The van der Waals surface area contributed by atoms with Gasteiger partial charge in [0.2, 0.25) is 10.0 Å². The molecule has 1 N–H and O–H groups in total. The van der Waals surface area contributed by atoms with E-state index < -0.39 is 15.9 Å². The van der Waals surface area contributed by atoms with Gasteiger partial charge in [-0.2, -0.15) is 0 Å². The smallest absolute Gasteiger partial charge is 0.262 e. The quantitative estimate of drug-likeness (QED) is 0.423. The molecular weight excluding hydrogens is 495 g/mol. The maximum Gasteiger partial charge on any atom is 0.262 e. The monoisotopic (exact) mass is 512 g/mol. The molecule has 32 heavy (non-hydrogen) atoms. The largest absolute Gasteiger partial charge is 0.484 e. The lowest BCUT2D eigenvalue weighted by molar-refractivity contribution is -0.118. The number of hydrogen-bond donors (Lipinski definition) is 1. The molecule has 0 unspecified atom stereocenters. The predicted molar refractivity (Wildman–Crippen MR) is 130 cm³/mol. The van der Waals surface area contributed by atoms with Gasteiger partial charge in [0.1, 0.15) is 5.75 Å². The number of para-hydroxylation sites is 1. The Bertz CT molecular complexity index is 1180. The second-order valence-corrected chi connectivity index (χ2v) is 9.98. The molecule has 0 heterocycles. The van der Waals surface area contributed by atoms with E-state index in [1.807, 2.05) is 0 Å². The lowest BCUT2D eigenvalue weighted by atomic mass is 10.2. The van der Waals surface area contributed by atoms with E-state index in [2.05, 4.69) is 5.32 Å². The van der Waals surface area contributed by atoms with E-state index in [0.717, 1.165) is 11.8 Å². The molecule has 0 bridgehead atoms. The standard InChI is InChI=1S/C22H19Cl3N2O4S/c1-32(29,30)27(13-15-5-7-16(23)8-6-15)17-9-11-18(12-10-17)31-14-21(28)26-22-19(24)3-2-4-20(22)25/h2-12H,13-14H2,1H3,(H,26,28). The van der Waals surface area contributed by atoms with Crippen molar-refractivity contribution in [3.8, 4) is 5.75 Å². The first-order valence-corrected chi connectivity index (χ1v) is 12.3. The van der Waals surface area contributed by atoms with Crippen LogP contribution in [0.5, 0.6) is 5.75 Å². The van der Waals surface area contributed by atoms with Crippen molar-refractivity contribution >= 4 is 62.1 Å². The van der Waals surface area contributed by atoms with E-state index in [1.54, 1.807) is 66.7 Å². The molecule has 0 saturated heterocycles. The third-order valence-corrected chi connectivity index (χ3v) is 6.38. The van der Waals surface area contributed by atoms with Crippen molar-refractivity contribution in [3.05, 3.63) is 87.4 Å². The SMILES string of the molecule is CS(=O)(=O)N(Cc1ccc(Cl)cc1)c1ccc(OCC(=O)Nc2c(Cl)cccc2Cl)cc1. The topological polar surface area (TPSA) is 75.7 Å². The van der Waals surface area contributed by atoms with Gasteiger partial charge in [0.15, 0.2) is 6.61 Å². The average Bonchev–Trinajstić information content (AvgIpc) is 2.74. The van der Waals surface area contributed by atoms with Gasteiger partial charge in [0.05, 0.1) is 34.2 Å². The maximum absolute atomic E-state index is 12.3. The molecule has 6 nitrogen and oxygen atoms in total. The minimum Gasteiger partial charge on any atom is -0.484 e. The summed E-state index contributed by atoms with van der Waals surface area (Å²) < 4.78 is 31.4. The fourth-order valence-corrected chi connectivity index (χ4v) is 4.31. The van der Waals surface area contributed by atoms with Crippen molar-refractivity contribution in [3.63, 3.8) is 0 Å². The van der Waals surface area contributed by atoms with E-state index in [-0.39, 0.29) is 13.2 Å². The Morgan fingerprint density at radius 2 is 1.53 bits per heavy atom. The van der Waals surface area contributed by atoms with E-state index >= 15 is 0 Å². The van der Waals surface area contributed by atoms with Gasteiger partial charge in [-0.05, 0) is 54.1 Å².